The van der Waals surface area contributed by atoms with Crippen molar-refractivity contribution in [3.8, 4) is 0 Å². The smallest absolute Gasteiger partial charge is 0.269 e. The van der Waals surface area contributed by atoms with Crippen molar-refractivity contribution in [2.24, 2.45) is 5.73 Å². The average molecular weight is 237 g/mol. The maximum atomic E-state index is 11.5. The first-order valence-corrected chi connectivity index (χ1v) is 5.15. The third-order valence-corrected chi connectivity index (χ3v) is 2.33. The Labute approximate surface area is 99.2 Å². The number of non-ortho nitro benzene ring substituents is 1. The zero-order valence-corrected chi connectivity index (χ0v) is 9.79. The fourth-order valence-corrected chi connectivity index (χ4v) is 1.42. The fraction of sp³-hybridized carbons (Fsp3) is 0.364. The summed E-state index contributed by atoms with van der Waals surface area (Å²) in [6, 6.07) is 5.55. The van der Waals surface area contributed by atoms with Crippen molar-refractivity contribution in [3.63, 3.8) is 0 Å². The maximum Gasteiger partial charge on any atom is 0.269 e. The number of hydrogen-bond acceptors (Lipinski definition) is 4. The molecule has 6 nitrogen and oxygen atoms in total. The predicted octanol–water partition coefficient (Wildman–Crippen LogP) is 0.900. The highest BCUT2D eigenvalue weighted by Crippen LogP contribution is 2.13. The molecule has 0 aliphatic carbocycles. The van der Waals surface area contributed by atoms with Crippen LogP contribution in [0.4, 0.5) is 5.69 Å². The summed E-state index contributed by atoms with van der Waals surface area (Å²) >= 11 is 0. The van der Waals surface area contributed by atoms with E-state index in [1.54, 1.807) is 26.1 Å². The van der Waals surface area contributed by atoms with E-state index in [-0.39, 0.29) is 11.6 Å². The molecule has 1 aromatic rings. The lowest BCUT2D eigenvalue weighted by molar-refractivity contribution is -0.384. The first kappa shape index (κ1) is 13.1. The van der Waals surface area contributed by atoms with E-state index in [0.717, 1.165) is 5.56 Å². The van der Waals surface area contributed by atoms with Crippen LogP contribution in [-0.4, -0.2) is 28.8 Å². The summed E-state index contributed by atoms with van der Waals surface area (Å²) in [4.78, 5) is 23.0. The molecule has 1 atom stereocenters. The molecule has 0 radical (unpaired) electrons. The number of hydrogen-bond donors (Lipinski definition) is 1. The minimum atomic E-state index is -0.543. The van der Waals surface area contributed by atoms with Crippen LogP contribution in [0.25, 0.3) is 0 Å². The molecule has 0 aliphatic heterocycles. The molecule has 17 heavy (non-hydrogen) atoms. The van der Waals surface area contributed by atoms with Gasteiger partial charge < -0.3 is 10.6 Å². The number of likely N-dealkylation sites (N-methyl/N-ethyl adjacent to an activating group) is 1. The Balaban J connectivity index is 2.69. The van der Waals surface area contributed by atoms with E-state index in [2.05, 4.69) is 0 Å². The van der Waals surface area contributed by atoms with Crippen LogP contribution in [0.5, 0.6) is 0 Å². The van der Waals surface area contributed by atoms with Crippen LogP contribution < -0.4 is 5.73 Å². The molecule has 0 bridgehead atoms. The third-order valence-electron chi connectivity index (χ3n) is 2.33. The summed E-state index contributed by atoms with van der Waals surface area (Å²) in [7, 11) is 1.65. The largest absolute Gasteiger partial charge is 0.340 e. The van der Waals surface area contributed by atoms with Gasteiger partial charge in [0.25, 0.3) is 5.69 Å². The lowest BCUT2D eigenvalue weighted by Crippen LogP contribution is -2.39. The Bertz CT molecular complexity index is 414. The Hall–Kier alpha value is -1.95. The minimum absolute atomic E-state index is 0.0370. The highest BCUT2D eigenvalue weighted by atomic mass is 16.6. The maximum absolute atomic E-state index is 11.5. The van der Waals surface area contributed by atoms with Gasteiger partial charge in [0.15, 0.2) is 0 Å². The summed E-state index contributed by atoms with van der Waals surface area (Å²) in [5.41, 5.74) is 6.34. The Kier molecular flexibility index (Phi) is 4.17. The van der Waals surface area contributed by atoms with Gasteiger partial charge in [0.05, 0.1) is 11.0 Å². The number of nitrogens with two attached hydrogens (primary N) is 1. The van der Waals surface area contributed by atoms with E-state index in [9.17, 15) is 14.9 Å². The van der Waals surface area contributed by atoms with Crippen molar-refractivity contribution in [1.82, 2.24) is 4.90 Å². The Morgan fingerprint density at radius 3 is 2.41 bits per heavy atom. The van der Waals surface area contributed by atoms with Crippen molar-refractivity contribution in [2.75, 3.05) is 7.05 Å². The molecule has 0 aromatic heterocycles. The van der Waals surface area contributed by atoms with E-state index in [1.807, 2.05) is 0 Å². The number of benzene rings is 1. The Morgan fingerprint density at radius 1 is 1.47 bits per heavy atom. The Morgan fingerprint density at radius 2 is 2.00 bits per heavy atom. The quantitative estimate of drug-likeness (QED) is 0.622. The van der Waals surface area contributed by atoms with Crippen LogP contribution in [0.2, 0.25) is 0 Å². The zero-order valence-electron chi connectivity index (χ0n) is 9.79. The van der Waals surface area contributed by atoms with Gasteiger partial charge >= 0.3 is 0 Å². The van der Waals surface area contributed by atoms with Crippen LogP contribution in [-0.2, 0) is 11.3 Å². The predicted molar refractivity (Wildman–Crippen MR) is 63.2 cm³/mol. The van der Waals surface area contributed by atoms with Crippen LogP contribution in [0.3, 0.4) is 0 Å². The topological polar surface area (TPSA) is 89.5 Å². The molecule has 6 heteroatoms. The standard InChI is InChI=1S/C11H15N3O3/c1-8(12)11(15)13(2)7-9-3-5-10(6-4-9)14(16)17/h3-6,8H,7,12H2,1-2H3/t8-/m0/s1. The van der Waals surface area contributed by atoms with Crippen molar-refractivity contribution in [3.05, 3.63) is 39.9 Å². The lowest BCUT2D eigenvalue weighted by atomic mass is 10.2. The van der Waals surface area contributed by atoms with Gasteiger partial charge in [0.2, 0.25) is 5.91 Å². The third kappa shape index (κ3) is 3.53. The van der Waals surface area contributed by atoms with E-state index < -0.39 is 11.0 Å². The second kappa shape index (κ2) is 5.40. The molecule has 1 rings (SSSR count). The van der Waals surface area contributed by atoms with Crippen molar-refractivity contribution in [1.29, 1.82) is 0 Å². The first-order valence-electron chi connectivity index (χ1n) is 5.15. The molecule has 0 unspecified atom stereocenters. The molecule has 0 aliphatic rings. The molecule has 0 saturated heterocycles. The zero-order chi connectivity index (χ0) is 13.0. The van der Waals surface area contributed by atoms with Gasteiger partial charge in [-0.2, -0.15) is 0 Å². The van der Waals surface area contributed by atoms with Crippen LogP contribution >= 0.6 is 0 Å². The van der Waals surface area contributed by atoms with E-state index in [0.29, 0.717) is 6.54 Å². The molecule has 0 saturated carbocycles. The van der Waals surface area contributed by atoms with Gasteiger partial charge in [-0.25, -0.2) is 0 Å². The van der Waals surface area contributed by atoms with Gasteiger partial charge in [0.1, 0.15) is 0 Å². The van der Waals surface area contributed by atoms with Gasteiger partial charge in [-0.1, -0.05) is 12.1 Å². The lowest BCUT2D eigenvalue weighted by Gasteiger charge is -2.19. The molecular formula is C11H15N3O3. The minimum Gasteiger partial charge on any atom is -0.340 e. The summed E-state index contributed by atoms with van der Waals surface area (Å²) in [5.74, 6) is -0.164. The van der Waals surface area contributed by atoms with Gasteiger partial charge in [-0.3, -0.25) is 14.9 Å². The van der Waals surface area contributed by atoms with Crippen molar-refractivity contribution in [2.45, 2.75) is 19.5 Å². The van der Waals surface area contributed by atoms with Crippen LogP contribution in [0.1, 0.15) is 12.5 Å². The van der Waals surface area contributed by atoms with Crippen LogP contribution in [0.15, 0.2) is 24.3 Å². The number of nitro benzene ring substituents is 1. The molecule has 0 spiro atoms. The SMILES string of the molecule is C[C@H](N)C(=O)N(C)Cc1ccc([N+](=O)[O-])cc1. The number of carbonyl (C=O) groups is 1. The fourth-order valence-electron chi connectivity index (χ4n) is 1.42. The monoisotopic (exact) mass is 237 g/mol. The number of nitro groups is 1. The molecule has 92 valence electrons. The van der Waals surface area contributed by atoms with E-state index in [1.165, 1.54) is 17.0 Å². The molecule has 2 N–H and O–H groups in total. The second-order valence-electron chi connectivity index (χ2n) is 3.91. The number of amides is 1. The molecule has 0 fully saturated rings. The summed E-state index contributed by atoms with van der Waals surface area (Å²) in [5, 5.41) is 10.5. The van der Waals surface area contributed by atoms with Gasteiger partial charge in [-0.05, 0) is 12.5 Å². The summed E-state index contributed by atoms with van der Waals surface area (Å²) in [6.45, 7) is 2.01. The molecule has 0 heterocycles. The number of carbonyl (C=O) groups excluding carboxylic acids is 1. The van der Waals surface area contributed by atoms with Crippen LogP contribution in [0, 0.1) is 10.1 Å². The highest BCUT2D eigenvalue weighted by Gasteiger charge is 2.13. The number of rotatable bonds is 4. The summed E-state index contributed by atoms with van der Waals surface area (Å²) in [6.07, 6.45) is 0. The number of nitrogens with zero attached hydrogens (tertiary/aromatic N) is 2. The summed E-state index contributed by atoms with van der Waals surface area (Å²) < 4.78 is 0. The van der Waals surface area contributed by atoms with E-state index in [4.69, 9.17) is 5.73 Å². The normalized spacial score (nSPS) is 11.9. The van der Waals surface area contributed by atoms with Crippen molar-refractivity contribution < 1.29 is 9.72 Å². The molecule has 1 aromatic carbocycles. The average Bonchev–Trinajstić information content (AvgIpc) is 2.28. The first-order chi connectivity index (χ1) is 7.91. The highest BCUT2D eigenvalue weighted by molar-refractivity contribution is 5.80. The van der Waals surface area contributed by atoms with E-state index >= 15 is 0 Å². The molecular weight excluding hydrogens is 222 g/mol. The van der Waals surface area contributed by atoms with Gasteiger partial charge in [-0.15, -0.1) is 0 Å². The van der Waals surface area contributed by atoms with Gasteiger partial charge in [0, 0.05) is 25.7 Å². The molecule has 1 amide bonds. The van der Waals surface area contributed by atoms with Crippen molar-refractivity contribution >= 4 is 11.6 Å². The second-order valence-corrected chi connectivity index (χ2v) is 3.91.